The Bertz CT molecular complexity index is 171. The van der Waals surface area contributed by atoms with Crippen LogP contribution in [0.25, 0.3) is 0 Å². The molecular formula is C13H28N2O. The van der Waals surface area contributed by atoms with Crippen molar-refractivity contribution in [3.63, 3.8) is 0 Å². The zero-order valence-corrected chi connectivity index (χ0v) is 11.0. The van der Waals surface area contributed by atoms with Gasteiger partial charge in [0.25, 0.3) is 0 Å². The number of nitrogens with zero attached hydrogens (tertiary/aromatic N) is 1. The number of carbonyl (C=O) groups is 1. The second kappa shape index (κ2) is 10.9. The third-order valence-corrected chi connectivity index (χ3v) is 2.88. The molecule has 0 rings (SSSR count). The molecule has 3 nitrogen and oxygen atoms in total. The highest BCUT2D eigenvalue weighted by Crippen LogP contribution is 2.08. The van der Waals surface area contributed by atoms with Crippen LogP contribution in [0.4, 0.5) is 0 Å². The van der Waals surface area contributed by atoms with Gasteiger partial charge in [-0.2, -0.15) is 0 Å². The van der Waals surface area contributed by atoms with Gasteiger partial charge in [-0.1, -0.05) is 39.0 Å². The highest BCUT2D eigenvalue weighted by molar-refractivity contribution is 5.76. The Kier molecular flexibility index (Phi) is 10.5. The van der Waals surface area contributed by atoms with Crippen molar-refractivity contribution in [2.45, 2.75) is 58.8 Å². The summed E-state index contributed by atoms with van der Waals surface area (Å²) in [7, 11) is 0. The van der Waals surface area contributed by atoms with E-state index in [1.165, 1.54) is 32.1 Å². The third-order valence-electron chi connectivity index (χ3n) is 2.88. The molecular weight excluding hydrogens is 200 g/mol. The number of rotatable bonds is 10. The van der Waals surface area contributed by atoms with E-state index in [-0.39, 0.29) is 5.91 Å². The van der Waals surface area contributed by atoms with Gasteiger partial charge < -0.3 is 10.6 Å². The molecule has 0 spiro atoms. The predicted octanol–water partition coefficient (Wildman–Crippen LogP) is 2.54. The Hall–Kier alpha value is -0.570. The summed E-state index contributed by atoms with van der Waals surface area (Å²) in [6.45, 7) is 6.28. The van der Waals surface area contributed by atoms with Gasteiger partial charge in [-0.05, 0) is 13.3 Å². The third kappa shape index (κ3) is 7.69. The average molecular weight is 228 g/mol. The largest absolute Gasteiger partial charge is 0.342 e. The molecule has 0 aliphatic rings. The lowest BCUT2D eigenvalue weighted by atomic mass is 10.1. The van der Waals surface area contributed by atoms with E-state index in [9.17, 15) is 4.79 Å². The first-order chi connectivity index (χ1) is 7.76. The van der Waals surface area contributed by atoms with Gasteiger partial charge in [-0.25, -0.2) is 0 Å². The van der Waals surface area contributed by atoms with Crippen LogP contribution in [0.15, 0.2) is 0 Å². The normalized spacial score (nSPS) is 10.4. The fraction of sp³-hybridized carbons (Fsp3) is 0.923. The van der Waals surface area contributed by atoms with Crippen molar-refractivity contribution >= 4 is 5.91 Å². The van der Waals surface area contributed by atoms with Crippen LogP contribution >= 0.6 is 0 Å². The number of hydrogen-bond donors (Lipinski definition) is 1. The second-order valence-corrected chi connectivity index (χ2v) is 4.28. The van der Waals surface area contributed by atoms with E-state index in [1.807, 2.05) is 11.8 Å². The molecule has 0 saturated carbocycles. The smallest absolute Gasteiger partial charge is 0.222 e. The van der Waals surface area contributed by atoms with Crippen molar-refractivity contribution < 1.29 is 4.79 Å². The first kappa shape index (κ1) is 15.4. The molecule has 0 aromatic carbocycles. The molecule has 0 heterocycles. The van der Waals surface area contributed by atoms with Gasteiger partial charge in [-0.15, -0.1) is 0 Å². The second-order valence-electron chi connectivity index (χ2n) is 4.28. The minimum absolute atomic E-state index is 0.267. The van der Waals surface area contributed by atoms with E-state index < -0.39 is 0 Å². The van der Waals surface area contributed by atoms with E-state index in [2.05, 4.69) is 6.92 Å². The van der Waals surface area contributed by atoms with Gasteiger partial charge in [0, 0.05) is 26.1 Å². The molecule has 0 aliphatic carbocycles. The van der Waals surface area contributed by atoms with Gasteiger partial charge in [0.2, 0.25) is 5.91 Å². The molecule has 0 aromatic heterocycles. The minimum atomic E-state index is 0.267. The van der Waals surface area contributed by atoms with Crippen LogP contribution < -0.4 is 5.73 Å². The number of unbranched alkanes of at least 4 members (excludes halogenated alkanes) is 5. The molecule has 0 aromatic rings. The molecule has 0 aliphatic heterocycles. The maximum Gasteiger partial charge on any atom is 0.222 e. The summed E-state index contributed by atoms with van der Waals surface area (Å²) in [5.74, 6) is 0.267. The fourth-order valence-corrected chi connectivity index (χ4v) is 1.83. The Morgan fingerprint density at radius 3 is 2.25 bits per heavy atom. The van der Waals surface area contributed by atoms with Crippen molar-refractivity contribution in [2.75, 3.05) is 19.6 Å². The van der Waals surface area contributed by atoms with E-state index >= 15 is 0 Å². The van der Waals surface area contributed by atoms with Crippen molar-refractivity contribution in [2.24, 2.45) is 5.73 Å². The molecule has 0 bridgehead atoms. The van der Waals surface area contributed by atoms with E-state index in [1.54, 1.807) is 0 Å². The Morgan fingerprint density at radius 2 is 1.69 bits per heavy atom. The zero-order chi connectivity index (χ0) is 12.2. The van der Waals surface area contributed by atoms with Crippen molar-refractivity contribution in [1.82, 2.24) is 4.90 Å². The van der Waals surface area contributed by atoms with Crippen LogP contribution in [-0.4, -0.2) is 30.4 Å². The first-order valence-corrected chi connectivity index (χ1v) is 6.74. The van der Waals surface area contributed by atoms with Crippen molar-refractivity contribution in [3.05, 3.63) is 0 Å². The monoisotopic (exact) mass is 228 g/mol. The number of likely N-dealkylation sites (N-methyl/N-ethyl adjacent to an activating group) is 1. The summed E-state index contributed by atoms with van der Waals surface area (Å²) in [6, 6.07) is 0. The van der Waals surface area contributed by atoms with Crippen LogP contribution in [0, 0.1) is 0 Å². The summed E-state index contributed by atoms with van der Waals surface area (Å²) in [5, 5.41) is 0. The molecule has 3 heteroatoms. The SMILES string of the molecule is CCCCCCCCC(=O)N(CC)CCN. The van der Waals surface area contributed by atoms with Gasteiger partial charge in [0.05, 0.1) is 0 Å². The predicted molar refractivity (Wildman–Crippen MR) is 69.3 cm³/mol. The molecule has 0 unspecified atom stereocenters. The maximum atomic E-state index is 11.7. The Morgan fingerprint density at radius 1 is 1.06 bits per heavy atom. The molecule has 1 amide bonds. The molecule has 0 fully saturated rings. The molecule has 0 radical (unpaired) electrons. The van der Waals surface area contributed by atoms with Gasteiger partial charge in [0.1, 0.15) is 0 Å². The van der Waals surface area contributed by atoms with E-state index in [0.29, 0.717) is 19.5 Å². The molecule has 96 valence electrons. The molecule has 2 N–H and O–H groups in total. The number of amides is 1. The van der Waals surface area contributed by atoms with Crippen LogP contribution in [-0.2, 0) is 4.79 Å². The summed E-state index contributed by atoms with van der Waals surface area (Å²) in [5.41, 5.74) is 5.46. The van der Waals surface area contributed by atoms with Crippen LogP contribution in [0.3, 0.4) is 0 Å². The van der Waals surface area contributed by atoms with Crippen molar-refractivity contribution in [3.8, 4) is 0 Å². The summed E-state index contributed by atoms with van der Waals surface area (Å²) in [4.78, 5) is 13.6. The fourth-order valence-electron chi connectivity index (χ4n) is 1.83. The summed E-state index contributed by atoms with van der Waals surface area (Å²) < 4.78 is 0. The summed E-state index contributed by atoms with van der Waals surface area (Å²) in [6.07, 6.45) is 8.09. The van der Waals surface area contributed by atoms with E-state index in [4.69, 9.17) is 5.73 Å². The van der Waals surface area contributed by atoms with Crippen molar-refractivity contribution in [1.29, 1.82) is 0 Å². The topological polar surface area (TPSA) is 46.3 Å². The minimum Gasteiger partial charge on any atom is -0.342 e. The lowest BCUT2D eigenvalue weighted by Gasteiger charge is -2.19. The highest BCUT2D eigenvalue weighted by Gasteiger charge is 2.09. The zero-order valence-electron chi connectivity index (χ0n) is 11.0. The lowest BCUT2D eigenvalue weighted by Crippen LogP contribution is -2.34. The molecule has 0 atom stereocenters. The number of nitrogens with two attached hydrogens (primary N) is 1. The first-order valence-electron chi connectivity index (χ1n) is 6.74. The Labute approximate surface area is 100 Å². The van der Waals surface area contributed by atoms with Crippen LogP contribution in [0.2, 0.25) is 0 Å². The number of hydrogen-bond acceptors (Lipinski definition) is 2. The van der Waals surface area contributed by atoms with E-state index in [0.717, 1.165) is 13.0 Å². The molecule has 16 heavy (non-hydrogen) atoms. The Balaban J connectivity index is 3.47. The average Bonchev–Trinajstić information content (AvgIpc) is 2.30. The lowest BCUT2D eigenvalue weighted by molar-refractivity contribution is -0.131. The van der Waals surface area contributed by atoms with Gasteiger partial charge in [0.15, 0.2) is 0 Å². The number of carbonyl (C=O) groups excluding carboxylic acids is 1. The highest BCUT2D eigenvalue weighted by atomic mass is 16.2. The molecule has 0 saturated heterocycles. The van der Waals surface area contributed by atoms with Crippen LogP contribution in [0.5, 0.6) is 0 Å². The standard InChI is InChI=1S/C13H28N2O/c1-3-5-6-7-8-9-10-13(16)15(4-2)12-11-14/h3-12,14H2,1-2H3. The van der Waals surface area contributed by atoms with Crippen LogP contribution in [0.1, 0.15) is 58.8 Å². The maximum absolute atomic E-state index is 11.7. The quantitative estimate of drug-likeness (QED) is 0.584. The van der Waals surface area contributed by atoms with Gasteiger partial charge >= 0.3 is 0 Å². The summed E-state index contributed by atoms with van der Waals surface area (Å²) >= 11 is 0. The van der Waals surface area contributed by atoms with Gasteiger partial charge in [-0.3, -0.25) is 4.79 Å².